The molecule has 0 aliphatic carbocycles. The van der Waals surface area contributed by atoms with Gasteiger partial charge < -0.3 is 29.7 Å². The Morgan fingerprint density at radius 3 is 0.534 bits per heavy atom. The van der Waals surface area contributed by atoms with E-state index in [-0.39, 0.29) is 40.8 Å². The average Bonchev–Trinajstić information content (AvgIpc) is 3.20. The minimum absolute atomic E-state index is 0. The number of carboxylic acid groups (broad SMARTS) is 3. The third-order valence-corrected chi connectivity index (χ3v) is 12.6. The summed E-state index contributed by atoms with van der Waals surface area (Å²) in [4.78, 5) is 34.9. The zero-order valence-electron chi connectivity index (χ0n) is 40.4. The Bertz CT molecular complexity index is 767. The summed E-state index contributed by atoms with van der Waals surface area (Å²) in [5.74, 6) is -2.40. The van der Waals surface area contributed by atoms with Gasteiger partial charge in [-0.05, 0) is 57.8 Å². The molecule has 6 nitrogen and oxygen atoms in total. The van der Waals surface area contributed by atoms with Gasteiger partial charge in [-0.25, -0.2) is 0 Å². The number of hydrogen-bond acceptors (Lipinski definition) is 6. The molecule has 0 atom stereocenters. The van der Waals surface area contributed by atoms with Gasteiger partial charge in [-0.2, -0.15) is 0 Å². The molecule has 0 spiro atoms. The standard InChI is InChI=1S/3C17H34O2.Nd/c3*1-4-7-10-11-12-15-17(16(18)19,13-8-5-2)14-9-6-3;/h3*4-15H2,1-3H3,(H,18,19);/q;;;+3/p-3. The van der Waals surface area contributed by atoms with E-state index in [1.165, 1.54) is 77.0 Å². The van der Waals surface area contributed by atoms with Crippen LogP contribution < -0.4 is 15.3 Å². The van der Waals surface area contributed by atoms with Crippen LogP contribution in [0.5, 0.6) is 0 Å². The first-order valence-corrected chi connectivity index (χ1v) is 25.0. The van der Waals surface area contributed by atoms with E-state index in [0.29, 0.717) is 0 Å². The van der Waals surface area contributed by atoms with Crippen LogP contribution >= 0.6 is 0 Å². The van der Waals surface area contributed by atoms with E-state index in [4.69, 9.17) is 0 Å². The van der Waals surface area contributed by atoms with Gasteiger partial charge in [-0.1, -0.05) is 236 Å². The van der Waals surface area contributed by atoms with Gasteiger partial charge in [0.25, 0.3) is 0 Å². The van der Waals surface area contributed by atoms with Gasteiger partial charge in [0.05, 0.1) is 0 Å². The van der Waals surface area contributed by atoms with Crippen molar-refractivity contribution in [2.24, 2.45) is 16.2 Å². The van der Waals surface area contributed by atoms with Crippen molar-refractivity contribution < 1.29 is 70.5 Å². The second-order valence-electron chi connectivity index (χ2n) is 17.8. The quantitative estimate of drug-likeness (QED) is 0.0566. The third-order valence-electron chi connectivity index (χ3n) is 12.6. The molecule has 58 heavy (non-hydrogen) atoms. The van der Waals surface area contributed by atoms with E-state index in [2.05, 4.69) is 62.3 Å². The second-order valence-corrected chi connectivity index (χ2v) is 17.8. The van der Waals surface area contributed by atoms with E-state index in [0.717, 1.165) is 154 Å². The Labute approximate surface area is 395 Å². The number of rotatable bonds is 39. The second kappa shape index (κ2) is 44.8. The summed E-state index contributed by atoms with van der Waals surface area (Å²) >= 11 is 0. The molecule has 0 aromatic heterocycles. The summed E-state index contributed by atoms with van der Waals surface area (Å²) in [7, 11) is 0. The molecule has 0 bridgehead atoms. The van der Waals surface area contributed by atoms with Crippen LogP contribution in [0.3, 0.4) is 0 Å². The van der Waals surface area contributed by atoms with Crippen LogP contribution in [0.15, 0.2) is 0 Å². The smallest absolute Gasteiger partial charge is 0.550 e. The fraction of sp³-hybridized carbons (Fsp3) is 0.941. The fourth-order valence-corrected chi connectivity index (χ4v) is 8.34. The molecular formula is C51H99NdO6. The Morgan fingerprint density at radius 1 is 0.259 bits per heavy atom. The summed E-state index contributed by atoms with van der Waals surface area (Å²) in [6.07, 6.45) is 37.6. The Kier molecular flexibility index (Phi) is 49.7. The van der Waals surface area contributed by atoms with Gasteiger partial charge in [-0.15, -0.1) is 0 Å². The topological polar surface area (TPSA) is 120 Å². The molecule has 0 rings (SSSR count). The predicted octanol–water partition coefficient (Wildman–Crippen LogP) is 13.4. The number of hydrogen-bond donors (Lipinski definition) is 0. The molecule has 0 aliphatic rings. The zero-order chi connectivity index (χ0) is 43.7. The molecule has 0 heterocycles. The molecule has 0 aromatic carbocycles. The van der Waals surface area contributed by atoms with E-state index in [1.54, 1.807) is 0 Å². The first-order valence-electron chi connectivity index (χ1n) is 25.0. The molecule has 1 radical (unpaired) electrons. The SMILES string of the molecule is CCCCCCCC(CCCC)(CCCC)C(=O)[O-].CCCCCCCC(CCCC)(CCCC)C(=O)[O-].CCCCCCCC(CCCC)(CCCC)C(=O)[O-].[Nd+3]. The summed E-state index contributed by atoms with van der Waals surface area (Å²) in [5, 5.41) is 34.9. The van der Waals surface area contributed by atoms with Crippen molar-refractivity contribution in [3.8, 4) is 0 Å². The van der Waals surface area contributed by atoms with E-state index in [1.807, 2.05) is 0 Å². The summed E-state index contributed by atoms with van der Waals surface area (Å²) in [6, 6.07) is 0. The van der Waals surface area contributed by atoms with Gasteiger partial charge in [0.15, 0.2) is 0 Å². The number of carboxylic acids is 3. The van der Waals surface area contributed by atoms with Gasteiger partial charge in [-0.3, -0.25) is 0 Å². The molecule has 343 valence electrons. The van der Waals surface area contributed by atoms with Crippen molar-refractivity contribution in [2.75, 3.05) is 0 Å². The number of unbranched alkanes of at least 4 members (excludes halogenated alkanes) is 18. The van der Waals surface area contributed by atoms with Gasteiger partial charge in [0, 0.05) is 34.2 Å². The molecule has 0 fully saturated rings. The average molecular weight is 953 g/mol. The van der Waals surface area contributed by atoms with Crippen LogP contribution in [0.4, 0.5) is 0 Å². The minimum Gasteiger partial charge on any atom is -0.550 e. The molecule has 0 amide bonds. The van der Waals surface area contributed by atoms with Crippen LogP contribution in [-0.4, -0.2) is 17.9 Å². The third kappa shape index (κ3) is 32.5. The van der Waals surface area contributed by atoms with E-state index in [9.17, 15) is 29.7 Å². The van der Waals surface area contributed by atoms with Crippen LogP contribution in [-0.2, 0) is 14.4 Å². The van der Waals surface area contributed by atoms with Crippen molar-refractivity contribution in [1.82, 2.24) is 0 Å². The first kappa shape index (κ1) is 64.4. The summed E-state index contributed by atoms with van der Waals surface area (Å²) < 4.78 is 0. The van der Waals surface area contributed by atoms with Crippen LogP contribution in [0, 0.1) is 57.1 Å². The van der Waals surface area contributed by atoms with E-state index >= 15 is 0 Å². The Morgan fingerprint density at radius 2 is 0.397 bits per heavy atom. The van der Waals surface area contributed by atoms with Crippen molar-refractivity contribution in [2.45, 2.75) is 293 Å². The predicted molar refractivity (Wildman–Crippen MR) is 240 cm³/mol. The van der Waals surface area contributed by atoms with E-state index < -0.39 is 34.2 Å². The first-order chi connectivity index (χ1) is 27.4. The largest absolute Gasteiger partial charge is 3.00 e. The van der Waals surface area contributed by atoms with Crippen molar-refractivity contribution in [3.63, 3.8) is 0 Å². The Balaban J connectivity index is -0.000000374. The number of carbonyl (C=O) groups excluding carboxylic acids is 3. The summed E-state index contributed by atoms with van der Waals surface area (Å²) in [5.41, 5.74) is -1.63. The fourth-order valence-electron chi connectivity index (χ4n) is 8.34. The monoisotopic (exact) mass is 950 g/mol. The number of aliphatic carboxylic acids is 3. The zero-order valence-corrected chi connectivity index (χ0v) is 43.6. The molecule has 7 heteroatoms. The molecule has 0 saturated carbocycles. The maximum absolute atomic E-state index is 11.6. The molecule has 0 aromatic rings. The van der Waals surface area contributed by atoms with Crippen LogP contribution in [0.25, 0.3) is 0 Å². The van der Waals surface area contributed by atoms with Gasteiger partial charge in [0.1, 0.15) is 0 Å². The van der Waals surface area contributed by atoms with Crippen molar-refractivity contribution in [1.29, 1.82) is 0 Å². The van der Waals surface area contributed by atoms with Crippen molar-refractivity contribution in [3.05, 3.63) is 0 Å². The number of carbonyl (C=O) groups is 3. The summed E-state index contributed by atoms with van der Waals surface area (Å²) in [6.45, 7) is 19.4. The minimum atomic E-state index is -0.801. The van der Waals surface area contributed by atoms with Crippen LogP contribution in [0.2, 0.25) is 0 Å². The molecule has 0 N–H and O–H groups in total. The normalized spacial score (nSPS) is 11.5. The molecular weight excluding hydrogens is 853 g/mol. The molecule has 0 saturated heterocycles. The molecule has 0 unspecified atom stereocenters. The maximum Gasteiger partial charge on any atom is 3.00 e. The van der Waals surface area contributed by atoms with Crippen molar-refractivity contribution >= 4 is 17.9 Å². The Hall–Kier alpha value is -0.239. The maximum atomic E-state index is 11.6. The van der Waals surface area contributed by atoms with Crippen LogP contribution in [0.1, 0.15) is 293 Å². The van der Waals surface area contributed by atoms with Gasteiger partial charge in [0.2, 0.25) is 0 Å². The molecule has 0 aliphatic heterocycles. The van der Waals surface area contributed by atoms with Gasteiger partial charge >= 0.3 is 40.8 Å².